The maximum absolute atomic E-state index is 12.3. The summed E-state index contributed by atoms with van der Waals surface area (Å²) in [5, 5.41) is 16.0. The molecule has 0 saturated heterocycles. The predicted octanol–water partition coefficient (Wildman–Crippen LogP) is -2.33. The van der Waals surface area contributed by atoms with Gasteiger partial charge in [-0.15, -0.1) is 0 Å². The van der Waals surface area contributed by atoms with Crippen molar-refractivity contribution in [2.45, 2.75) is 52.2 Å². The van der Waals surface area contributed by atoms with E-state index in [-0.39, 0.29) is 5.92 Å². The fourth-order valence-electron chi connectivity index (χ4n) is 2.01. The first-order valence-corrected chi connectivity index (χ1v) is 8.50. The number of nitrogens with two attached hydrogens (primary N) is 2. The van der Waals surface area contributed by atoms with Gasteiger partial charge in [0.1, 0.15) is 12.1 Å². The van der Waals surface area contributed by atoms with Crippen LogP contribution in [0.4, 0.5) is 0 Å². The van der Waals surface area contributed by atoms with E-state index in [1.807, 2.05) is 0 Å². The van der Waals surface area contributed by atoms with Gasteiger partial charge in [-0.05, 0) is 11.8 Å². The molecule has 0 saturated carbocycles. The second-order valence-electron chi connectivity index (χ2n) is 6.85. The zero-order chi connectivity index (χ0) is 21.3. The van der Waals surface area contributed by atoms with Gasteiger partial charge in [-0.2, -0.15) is 0 Å². The molecular formula is C16H29N5O6. The van der Waals surface area contributed by atoms with Gasteiger partial charge < -0.3 is 32.5 Å². The molecule has 0 heterocycles. The normalized spacial score (nSPS) is 14.2. The fourth-order valence-corrected chi connectivity index (χ4v) is 2.01. The Balaban J connectivity index is 4.92. The average Bonchev–Trinajstić information content (AvgIpc) is 2.54. The zero-order valence-electron chi connectivity index (χ0n) is 15.9. The molecule has 0 spiro atoms. The molecule has 3 unspecified atom stereocenters. The molecular weight excluding hydrogens is 358 g/mol. The minimum atomic E-state index is -1.37. The summed E-state index contributed by atoms with van der Waals surface area (Å²) in [5.41, 5.74) is 10.7. The predicted molar refractivity (Wildman–Crippen MR) is 96.0 cm³/mol. The molecule has 0 aliphatic carbocycles. The number of primary amides is 1. The van der Waals surface area contributed by atoms with Crippen molar-refractivity contribution in [2.75, 3.05) is 6.54 Å². The van der Waals surface area contributed by atoms with Crippen LogP contribution in [0.5, 0.6) is 0 Å². The van der Waals surface area contributed by atoms with E-state index in [1.165, 1.54) is 0 Å². The number of carboxylic acid groups (broad SMARTS) is 1. The number of nitrogens with one attached hydrogen (secondary N) is 3. The lowest BCUT2D eigenvalue weighted by atomic mass is 10.0. The van der Waals surface area contributed by atoms with Gasteiger partial charge in [-0.1, -0.05) is 27.7 Å². The van der Waals surface area contributed by atoms with Gasteiger partial charge in [0.15, 0.2) is 0 Å². The molecule has 0 radical (unpaired) electrons. The van der Waals surface area contributed by atoms with Gasteiger partial charge in [0.2, 0.25) is 23.6 Å². The molecule has 0 aromatic rings. The third kappa shape index (κ3) is 8.99. The molecule has 0 aromatic heterocycles. The lowest BCUT2D eigenvalue weighted by Crippen LogP contribution is -2.55. The molecule has 4 amide bonds. The van der Waals surface area contributed by atoms with E-state index < -0.39 is 66.6 Å². The van der Waals surface area contributed by atoms with Crippen LogP contribution >= 0.6 is 0 Å². The summed E-state index contributed by atoms with van der Waals surface area (Å²) in [6.07, 6.45) is -0.526. The number of hydrogen-bond donors (Lipinski definition) is 6. The molecule has 11 heteroatoms. The first-order valence-electron chi connectivity index (χ1n) is 8.50. The molecule has 8 N–H and O–H groups in total. The summed E-state index contributed by atoms with van der Waals surface area (Å²) in [6, 6.07) is -3.37. The van der Waals surface area contributed by atoms with Gasteiger partial charge in [-0.25, -0.2) is 4.79 Å². The molecule has 0 aliphatic heterocycles. The standard InChI is InChI=1S/C16H29N5O6/c1-7(2)12(18)15(25)19-6-11(23)20-9(5-10(17)22)14(24)21-13(8(3)4)16(26)27/h7-9,12-13H,5-6,18H2,1-4H3,(H2,17,22)(H,19,25)(H,20,23)(H,21,24)(H,26,27). The van der Waals surface area contributed by atoms with Gasteiger partial charge in [0, 0.05) is 0 Å². The molecule has 3 atom stereocenters. The largest absolute Gasteiger partial charge is 0.480 e. The Hall–Kier alpha value is -2.69. The van der Waals surface area contributed by atoms with Crippen molar-refractivity contribution >= 4 is 29.6 Å². The molecule has 27 heavy (non-hydrogen) atoms. The van der Waals surface area contributed by atoms with E-state index in [1.54, 1.807) is 27.7 Å². The quantitative estimate of drug-likeness (QED) is 0.229. The van der Waals surface area contributed by atoms with Gasteiger partial charge in [-0.3, -0.25) is 19.2 Å². The van der Waals surface area contributed by atoms with Crippen LogP contribution in [0.15, 0.2) is 0 Å². The van der Waals surface area contributed by atoms with Crippen molar-refractivity contribution in [2.24, 2.45) is 23.3 Å². The third-order valence-electron chi connectivity index (χ3n) is 3.73. The molecule has 11 nitrogen and oxygen atoms in total. The van der Waals surface area contributed by atoms with Crippen molar-refractivity contribution in [3.63, 3.8) is 0 Å². The number of rotatable bonds is 11. The van der Waals surface area contributed by atoms with Crippen LogP contribution in [0.1, 0.15) is 34.1 Å². The topological polar surface area (TPSA) is 194 Å². The van der Waals surface area contributed by atoms with Crippen LogP contribution in [0.25, 0.3) is 0 Å². The summed E-state index contributed by atoms with van der Waals surface area (Å²) in [6.45, 7) is 6.20. The number of carboxylic acids is 1. The average molecular weight is 387 g/mol. The second-order valence-corrected chi connectivity index (χ2v) is 6.85. The molecule has 0 aliphatic rings. The van der Waals surface area contributed by atoms with Crippen LogP contribution in [0.2, 0.25) is 0 Å². The van der Waals surface area contributed by atoms with Crippen LogP contribution in [-0.2, 0) is 24.0 Å². The van der Waals surface area contributed by atoms with E-state index >= 15 is 0 Å². The highest BCUT2D eigenvalue weighted by Gasteiger charge is 2.29. The summed E-state index contributed by atoms with van der Waals surface area (Å²) in [4.78, 5) is 58.3. The highest BCUT2D eigenvalue weighted by atomic mass is 16.4. The van der Waals surface area contributed by atoms with Crippen LogP contribution in [0.3, 0.4) is 0 Å². The second kappa shape index (κ2) is 11.1. The van der Waals surface area contributed by atoms with Crippen molar-refractivity contribution in [1.82, 2.24) is 16.0 Å². The van der Waals surface area contributed by atoms with Gasteiger partial charge in [0.05, 0.1) is 19.0 Å². The Kier molecular flexibility index (Phi) is 10.0. The van der Waals surface area contributed by atoms with E-state index in [9.17, 15) is 24.0 Å². The summed E-state index contributed by atoms with van der Waals surface area (Å²) in [5.74, 6) is -4.83. The highest BCUT2D eigenvalue weighted by Crippen LogP contribution is 2.03. The van der Waals surface area contributed by atoms with Crippen LogP contribution < -0.4 is 27.4 Å². The van der Waals surface area contributed by atoms with Gasteiger partial charge in [0.25, 0.3) is 0 Å². The monoisotopic (exact) mass is 387 g/mol. The number of carbonyl (C=O) groups is 5. The van der Waals surface area contributed by atoms with Crippen LogP contribution in [0, 0.1) is 11.8 Å². The van der Waals surface area contributed by atoms with E-state index in [4.69, 9.17) is 16.6 Å². The Morgan fingerprint density at radius 1 is 0.926 bits per heavy atom. The molecule has 0 fully saturated rings. The summed E-state index contributed by atoms with van der Waals surface area (Å²) < 4.78 is 0. The van der Waals surface area contributed by atoms with Crippen molar-refractivity contribution in [3.05, 3.63) is 0 Å². The molecule has 154 valence electrons. The lowest BCUT2D eigenvalue weighted by molar-refractivity contribution is -0.143. The Bertz CT molecular complexity index is 578. The number of amides is 4. The van der Waals surface area contributed by atoms with Crippen molar-refractivity contribution in [1.29, 1.82) is 0 Å². The van der Waals surface area contributed by atoms with E-state index in [0.717, 1.165) is 0 Å². The first kappa shape index (κ1) is 24.3. The Morgan fingerprint density at radius 2 is 1.48 bits per heavy atom. The number of aliphatic carboxylic acids is 1. The summed E-state index contributed by atoms with van der Waals surface area (Å²) in [7, 11) is 0. The molecule has 0 aromatic carbocycles. The Morgan fingerprint density at radius 3 is 1.89 bits per heavy atom. The maximum atomic E-state index is 12.3. The minimum Gasteiger partial charge on any atom is -0.480 e. The first-order chi connectivity index (χ1) is 12.4. The summed E-state index contributed by atoms with van der Waals surface area (Å²) >= 11 is 0. The van der Waals surface area contributed by atoms with E-state index in [2.05, 4.69) is 16.0 Å². The number of carbonyl (C=O) groups excluding carboxylic acids is 4. The third-order valence-corrected chi connectivity index (χ3v) is 3.73. The van der Waals surface area contributed by atoms with Gasteiger partial charge >= 0.3 is 5.97 Å². The molecule has 0 bridgehead atoms. The Labute approximate surface area is 157 Å². The minimum absolute atomic E-state index is 0.134. The van der Waals surface area contributed by atoms with Crippen LogP contribution in [-0.4, -0.2) is 59.4 Å². The number of hydrogen-bond acceptors (Lipinski definition) is 6. The van der Waals surface area contributed by atoms with E-state index in [0.29, 0.717) is 0 Å². The smallest absolute Gasteiger partial charge is 0.326 e. The molecule has 0 rings (SSSR count). The zero-order valence-corrected chi connectivity index (χ0v) is 15.9. The highest BCUT2D eigenvalue weighted by molar-refractivity contribution is 5.95. The fraction of sp³-hybridized carbons (Fsp3) is 0.688. The lowest BCUT2D eigenvalue weighted by Gasteiger charge is -2.23. The SMILES string of the molecule is CC(C)C(N)C(=O)NCC(=O)NC(CC(N)=O)C(=O)NC(C(=O)O)C(C)C. The van der Waals surface area contributed by atoms with Crippen molar-refractivity contribution < 1.29 is 29.1 Å². The maximum Gasteiger partial charge on any atom is 0.326 e. The van der Waals surface area contributed by atoms with Crippen molar-refractivity contribution in [3.8, 4) is 0 Å².